The second-order valence-electron chi connectivity index (χ2n) is 7.39. The molecule has 0 radical (unpaired) electrons. The highest BCUT2D eigenvalue weighted by molar-refractivity contribution is 7.89. The SMILES string of the molecule is O=C(Nc1ccccc1)c1ccc(S(=O)(=O)N[C@@]2(C(=O)O)C[C@@H]2c2ccccc2)cc1. The molecule has 1 saturated carbocycles. The zero-order valence-corrected chi connectivity index (χ0v) is 17.2. The lowest BCUT2D eigenvalue weighted by Gasteiger charge is -2.16. The number of carboxylic acid groups (broad SMARTS) is 1. The molecule has 1 aliphatic rings. The number of sulfonamides is 1. The van der Waals surface area contributed by atoms with Crippen molar-refractivity contribution in [2.75, 3.05) is 5.32 Å². The Labute approximate surface area is 179 Å². The van der Waals surface area contributed by atoms with E-state index in [-0.39, 0.29) is 22.8 Å². The molecule has 158 valence electrons. The first kappa shape index (κ1) is 20.8. The van der Waals surface area contributed by atoms with Crippen molar-refractivity contribution in [1.82, 2.24) is 4.72 Å². The fourth-order valence-electron chi connectivity index (χ4n) is 3.55. The molecule has 3 aromatic carbocycles. The van der Waals surface area contributed by atoms with Crippen LogP contribution in [0.3, 0.4) is 0 Å². The Morgan fingerprint density at radius 3 is 2.03 bits per heavy atom. The van der Waals surface area contributed by atoms with E-state index >= 15 is 0 Å². The minimum Gasteiger partial charge on any atom is -0.480 e. The Morgan fingerprint density at radius 2 is 1.45 bits per heavy atom. The molecule has 31 heavy (non-hydrogen) atoms. The molecule has 8 heteroatoms. The summed E-state index contributed by atoms with van der Waals surface area (Å²) >= 11 is 0. The first-order valence-corrected chi connectivity index (χ1v) is 11.1. The van der Waals surface area contributed by atoms with Crippen LogP contribution >= 0.6 is 0 Å². The van der Waals surface area contributed by atoms with Crippen molar-refractivity contribution in [1.29, 1.82) is 0 Å². The molecule has 0 spiro atoms. The number of rotatable bonds is 7. The van der Waals surface area contributed by atoms with E-state index in [1.165, 1.54) is 24.3 Å². The van der Waals surface area contributed by atoms with Gasteiger partial charge in [0.1, 0.15) is 5.54 Å². The molecule has 3 aromatic rings. The highest BCUT2D eigenvalue weighted by Crippen LogP contribution is 2.52. The zero-order valence-electron chi connectivity index (χ0n) is 16.4. The summed E-state index contributed by atoms with van der Waals surface area (Å²) in [6.07, 6.45) is 0.170. The predicted molar refractivity (Wildman–Crippen MR) is 115 cm³/mol. The monoisotopic (exact) mass is 436 g/mol. The molecule has 4 rings (SSSR count). The fourth-order valence-corrected chi connectivity index (χ4v) is 4.96. The number of hydrogen-bond donors (Lipinski definition) is 3. The molecular formula is C23H20N2O5S. The van der Waals surface area contributed by atoms with Crippen LogP contribution in [0.15, 0.2) is 89.8 Å². The molecule has 0 aromatic heterocycles. The third-order valence-electron chi connectivity index (χ3n) is 5.32. The molecule has 3 N–H and O–H groups in total. The van der Waals surface area contributed by atoms with E-state index in [0.29, 0.717) is 5.69 Å². The molecule has 0 saturated heterocycles. The lowest BCUT2D eigenvalue weighted by Crippen LogP contribution is -2.44. The quantitative estimate of drug-likeness (QED) is 0.526. The van der Waals surface area contributed by atoms with Crippen LogP contribution in [-0.4, -0.2) is 30.9 Å². The summed E-state index contributed by atoms with van der Waals surface area (Å²) in [6, 6.07) is 23.2. The minimum absolute atomic E-state index is 0.108. The number of carboxylic acids is 1. The maximum Gasteiger partial charge on any atom is 0.325 e. The van der Waals surface area contributed by atoms with Crippen molar-refractivity contribution >= 4 is 27.6 Å². The number of hydrogen-bond acceptors (Lipinski definition) is 4. The topological polar surface area (TPSA) is 113 Å². The number of carbonyl (C=O) groups is 2. The Hall–Kier alpha value is -3.49. The van der Waals surface area contributed by atoms with Crippen molar-refractivity contribution in [2.45, 2.75) is 22.8 Å². The van der Waals surface area contributed by atoms with Crippen LogP contribution in [0.5, 0.6) is 0 Å². The van der Waals surface area contributed by atoms with Crippen LogP contribution in [0.4, 0.5) is 5.69 Å². The van der Waals surface area contributed by atoms with Gasteiger partial charge in [0.25, 0.3) is 5.91 Å². The number of para-hydroxylation sites is 1. The Kier molecular flexibility index (Phi) is 5.34. The smallest absolute Gasteiger partial charge is 0.325 e. The number of amides is 1. The highest BCUT2D eigenvalue weighted by Gasteiger charge is 2.63. The van der Waals surface area contributed by atoms with E-state index in [1.54, 1.807) is 48.5 Å². The second kappa shape index (κ2) is 7.98. The third kappa shape index (κ3) is 4.21. The summed E-state index contributed by atoms with van der Waals surface area (Å²) in [4.78, 5) is 24.2. The molecule has 0 unspecified atom stereocenters. The predicted octanol–water partition coefficient (Wildman–Crippen LogP) is 3.23. The van der Waals surface area contributed by atoms with E-state index in [1.807, 2.05) is 12.1 Å². The normalized spacial score (nSPS) is 20.1. The number of aliphatic carboxylic acids is 1. The van der Waals surface area contributed by atoms with Gasteiger partial charge in [-0.2, -0.15) is 4.72 Å². The van der Waals surface area contributed by atoms with Crippen molar-refractivity contribution < 1.29 is 23.1 Å². The van der Waals surface area contributed by atoms with E-state index in [2.05, 4.69) is 10.0 Å². The molecule has 1 fully saturated rings. The third-order valence-corrected chi connectivity index (χ3v) is 6.85. The van der Waals surface area contributed by atoms with Gasteiger partial charge >= 0.3 is 5.97 Å². The van der Waals surface area contributed by atoms with E-state index in [9.17, 15) is 23.1 Å². The average Bonchev–Trinajstić information content (AvgIpc) is 3.50. The van der Waals surface area contributed by atoms with Gasteiger partial charge in [-0.25, -0.2) is 8.42 Å². The van der Waals surface area contributed by atoms with Crippen LogP contribution in [0.2, 0.25) is 0 Å². The van der Waals surface area contributed by atoms with Crippen molar-refractivity contribution in [3.05, 3.63) is 96.1 Å². The first-order valence-electron chi connectivity index (χ1n) is 9.61. The van der Waals surface area contributed by atoms with Crippen molar-refractivity contribution in [3.63, 3.8) is 0 Å². The van der Waals surface area contributed by atoms with E-state index in [4.69, 9.17) is 0 Å². The number of carbonyl (C=O) groups excluding carboxylic acids is 1. The highest BCUT2D eigenvalue weighted by atomic mass is 32.2. The average molecular weight is 436 g/mol. The summed E-state index contributed by atoms with van der Waals surface area (Å²) in [5.41, 5.74) is 0.0867. The fraction of sp³-hybridized carbons (Fsp3) is 0.130. The molecule has 1 aliphatic carbocycles. The van der Waals surface area contributed by atoms with Gasteiger partial charge in [0, 0.05) is 17.2 Å². The zero-order chi connectivity index (χ0) is 22.1. The lowest BCUT2D eigenvalue weighted by molar-refractivity contribution is -0.140. The largest absolute Gasteiger partial charge is 0.480 e. The minimum atomic E-state index is -4.11. The Morgan fingerprint density at radius 1 is 0.871 bits per heavy atom. The Bertz CT molecular complexity index is 1210. The van der Waals surface area contributed by atoms with Gasteiger partial charge in [-0.1, -0.05) is 48.5 Å². The number of nitrogens with one attached hydrogen (secondary N) is 2. The summed E-state index contributed by atoms with van der Waals surface area (Å²) in [6.45, 7) is 0. The summed E-state index contributed by atoms with van der Waals surface area (Å²) < 4.78 is 28.1. The van der Waals surface area contributed by atoms with Gasteiger partial charge in [-0.15, -0.1) is 0 Å². The summed E-state index contributed by atoms with van der Waals surface area (Å²) in [5.74, 6) is -2.04. The number of anilines is 1. The maximum absolute atomic E-state index is 12.9. The van der Waals surface area contributed by atoms with Crippen molar-refractivity contribution in [3.8, 4) is 0 Å². The molecule has 0 bridgehead atoms. The second-order valence-corrected chi connectivity index (χ2v) is 9.08. The molecule has 1 amide bonds. The summed E-state index contributed by atoms with van der Waals surface area (Å²) in [5, 5.41) is 12.4. The number of benzene rings is 3. The Balaban J connectivity index is 1.51. The maximum atomic E-state index is 12.9. The van der Waals surface area contributed by atoms with Gasteiger partial charge in [0.05, 0.1) is 4.90 Å². The molecule has 2 atom stereocenters. The molecular weight excluding hydrogens is 416 g/mol. The van der Waals surface area contributed by atoms with Crippen LogP contribution in [0.1, 0.15) is 28.3 Å². The molecule has 7 nitrogen and oxygen atoms in total. The van der Waals surface area contributed by atoms with Gasteiger partial charge in [0.15, 0.2) is 0 Å². The van der Waals surface area contributed by atoms with Crippen LogP contribution in [0.25, 0.3) is 0 Å². The van der Waals surface area contributed by atoms with Gasteiger partial charge in [-0.3, -0.25) is 9.59 Å². The summed E-state index contributed by atoms with van der Waals surface area (Å²) in [7, 11) is -4.11. The molecule has 0 heterocycles. The first-order chi connectivity index (χ1) is 14.8. The standard InChI is InChI=1S/C23H20N2O5S/c26-21(24-18-9-5-2-6-10-18)17-11-13-19(14-12-17)31(29,30)25-23(22(27)28)15-20(23)16-7-3-1-4-8-16/h1-14,20,25H,15H2,(H,24,26)(H,27,28)/t20-,23+/m1/s1. The van der Waals surface area contributed by atoms with Gasteiger partial charge < -0.3 is 10.4 Å². The van der Waals surface area contributed by atoms with Crippen LogP contribution < -0.4 is 10.0 Å². The van der Waals surface area contributed by atoms with Crippen LogP contribution in [0, 0.1) is 0 Å². The van der Waals surface area contributed by atoms with Gasteiger partial charge in [0.2, 0.25) is 10.0 Å². The molecule has 0 aliphatic heterocycles. The van der Waals surface area contributed by atoms with E-state index < -0.39 is 27.4 Å². The van der Waals surface area contributed by atoms with Crippen molar-refractivity contribution in [2.24, 2.45) is 0 Å². The van der Waals surface area contributed by atoms with E-state index in [0.717, 1.165) is 5.56 Å². The van der Waals surface area contributed by atoms with Gasteiger partial charge in [-0.05, 0) is 48.4 Å². The van der Waals surface area contributed by atoms with Crippen LogP contribution in [-0.2, 0) is 14.8 Å². The lowest BCUT2D eigenvalue weighted by atomic mass is 10.1.